The highest BCUT2D eigenvalue weighted by atomic mass is 35.5. The van der Waals surface area contributed by atoms with Crippen LogP contribution in [0.1, 0.15) is 29.5 Å². The van der Waals surface area contributed by atoms with Crippen LogP contribution in [-0.2, 0) is 33.9 Å². The zero-order chi connectivity index (χ0) is 23.1. The molecule has 170 valence electrons. The van der Waals surface area contributed by atoms with Crippen molar-refractivity contribution in [3.05, 3.63) is 70.2 Å². The Morgan fingerprint density at radius 3 is 2.25 bits per heavy atom. The van der Waals surface area contributed by atoms with Gasteiger partial charge in [0.15, 0.2) is 0 Å². The minimum Gasteiger partial charge on any atom is -0.473 e. The average molecular weight is 459 g/mol. The molecule has 0 bridgehead atoms. The molecule has 0 spiro atoms. The van der Waals surface area contributed by atoms with Gasteiger partial charge in [-0.05, 0) is 54.6 Å². The predicted molar refractivity (Wildman–Crippen MR) is 120 cm³/mol. The minimum absolute atomic E-state index is 0.126. The molecule has 7 nitrogen and oxygen atoms in total. The second-order valence-corrected chi connectivity index (χ2v) is 8.53. The van der Waals surface area contributed by atoms with Crippen molar-refractivity contribution in [1.29, 1.82) is 0 Å². The molecule has 0 saturated carbocycles. The van der Waals surface area contributed by atoms with Crippen LogP contribution in [0.2, 0.25) is 5.02 Å². The molecule has 0 aliphatic carbocycles. The Balaban J connectivity index is 0.000000427. The first-order valence-corrected chi connectivity index (χ1v) is 11.0. The number of hydrogen-bond donors (Lipinski definition) is 2. The lowest BCUT2D eigenvalue weighted by Gasteiger charge is -2.36. The number of carboxylic acids is 2. The van der Waals surface area contributed by atoms with Crippen LogP contribution in [0.5, 0.6) is 0 Å². The molecule has 0 aromatic heterocycles. The van der Waals surface area contributed by atoms with Gasteiger partial charge < -0.3 is 15.1 Å². The van der Waals surface area contributed by atoms with Crippen LogP contribution in [0.15, 0.2) is 48.5 Å². The van der Waals surface area contributed by atoms with E-state index in [-0.39, 0.29) is 5.92 Å². The number of halogens is 1. The molecule has 2 aliphatic heterocycles. The fourth-order valence-corrected chi connectivity index (χ4v) is 4.32. The molecule has 2 aromatic rings. The first-order valence-electron chi connectivity index (χ1n) is 10.6. The van der Waals surface area contributed by atoms with E-state index in [1.54, 1.807) is 0 Å². The van der Waals surface area contributed by atoms with Crippen LogP contribution < -0.4 is 0 Å². The first kappa shape index (κ1) is 23.8. The predicted octanol–water partition coefficient (Wildman–Crippen LogP) is 3.29. The van der Waals surface area contributed by atoms with Crippen molar-refractivity contribution < 1.29 is 24.6 Å². The Labute approximate surface area is 192 Å². The van der Waals surface area contributed by atoms with Crippen LogP contribution in [0.25, 0.3) is 0 Å². The van der Waals surface area contributed by atoms with Crippen molar-refractivity contribution in [3.63, 3.8) is 0 Å². The number of amides is 1. The lowest BCUT2D eigenvalue weighted by atomic mass is 9.93. The third-order valence-corrected chi connectivity index (χ3v) is 6.05. The minimum atomic E-state index is -1.82. The van der Waals surface area contributed by atoms with E-state index in [2.05, 4.69) is 46.2 Å². The van der Waals surface area contributed by atoms with Gasteiger partial charge >= 0.3 is 11.9 Å². The van der Waals surface area contributed by atoms with Crippen molar-refractivity contribution in [3.8, 4) is 0 Å². The number of benzene rings is 2. The molecule has 2 heterocycles. The highest BCUT2D eigenvalue weighted by Crippen LogP contribution is 2.25. The van der Waals surface area contributed by atoms with Crippen molar-refractivity contribution in [2.75, 3.05) is 19.6 Å². The summed E-state index contributed by atoms with van der Waals surface area (Å²) in [6.07, 6.45) is 3.08. The van der Waals surface area contributed by atoms with Crippen molar-refractivity contribution in [2.45, 2.75) is 32.4 Å². The van der Waals surface area contributed by atoms with E-state index in [4.69, 9.17) is 31.4 Å². The number of carbonyl (C=O) groups excluding carboxylic acids is 1. The van der Waals surface area contributed by atoms with E-state index < -0.39 is 11.9 Å². The zero-order valence-corrected chi connectivity index (χ0v) is 18.5. The maximum absolute atomic E-state index is 13.1. The van der Waals surface area contributed by atoms with Gasteiger partial charge in [-0.25, -0.2) is 9.59 Å². The molecule has 4 rings (SSSR count). The van der Waals surface area contributed by atoms with E-state index >= 15 is 0 Å². The van der Waals surface area contributed by atoms with Crippen LogP contribution in [0.4, 0.5) is 0 Å². The maximum atomic E-state index is 13.1. The molecule has 32 heavy (non-hydrogen) atoms. The van der Waals surface area contributed by atoms with Gasteiger partial charge in [0.1, 0.15) is 0 Å². The van der Waals surface area contributed by atoms with E-state index in [0.29, 0.717) is 5.91 Å². The van der Waals surface area contributed by atoms with Crippen LogP contribution >= 0.6 is 11.6 Å². The number of carboxylic acid groups (broad SMARTS) is 2. The standard InChI is InChI=1S/C22H25ClN2O.C2H2O4/c23-21-9-7-17(8-10-21)14-24-12-3-6-20(15-24)22(26)25-13-11-18-4-1-2-5-19(18)16-25;3-1(4)2(5)6/h1-2,4-5,7-10,20H,3,6,11-16H2;(H,3,4)(H,5,6). The molecule has 0 radical (unpaired) electrons. The Morgan fingerprint density at radius 1 is 0.938 bits per heavy atom. The first-order chi connectivity index (χ1) is 15.3. The van der Waals surface area contributed by atoms with Crippen LogP contribution in [0.3, 0.4) is 0 Å². The summed E-state index contributed by atoms with van der Waals surface area (Å²) in [6, 6.07) is 16.5. The number of carbonyl (C=O) groups is 3. The summed E-state index contributed by atoms with van der Waals surface area (Å²) < 4.78 is 0. The Hall–Kier alpha value is -2.90. The smallest absolute Gasteiger partial charge is 0.414 e. The largest absolute Gasteiger partial charge is 0.473 e. The highest BCUT2D eigenvalue weighted by molar-refractivity contribution is 6.30. The molecule has 1 saturated heterocycles. The van der Waals surface area contributed by atoms with Crippen molar-refractivity contribution in [2.24, 2.45) is 5.92 Å². The van der Waals surface area contributed by atoms with E-state index in [0.717, 1.165) is 57.0 Å². The monoisotopic (exact) mass is 458 g/mol. The van der Waals surface area contributed by atoms with Gasteiger partial charge in [-0.15, -0.1) is 0 Å². The normalized spacial score (nSPS) is 18.2. The van der Waals surface area contributed by atoms with Gasteiger partial charge in [0.25, 0.3) is 0 Å². The van der Waals surface area contributed by atoms with Crippen LogP contribution in [0, 0.1) is 5.92 Å². The summed E-state index contributed by atoms with van der Waals surface area (Å²) in [5.41, 5.74) is 3.96. The Morgan fingerprint density at radius 2 is 1.59 bits per heavy atom. The SMILES string of the molecule is O=C(C1CCCN(Cc2ccc(Cl)cc2)C1)N1CCc2ccccc2C1.O=C(O)C(=O)O. The number of hydrogen-bond acceptors (Lipinski definition) is 4. The quantitative estimate of drug-likeness (QED) is 0.685. The third kappa shape index (κ3) is 6.55. The van der Waals surface area contributed by atoms with Gasteiger partial charge in [0.2, 0.25) is 5.91 Å². The van der Waals surface area contributed by atoms with Crippen molar-refractivity contribution >= 4 is 29.4 Å². The van der Waals surface area contributed by atoms with E-state index in [1.807, 2.05) is 12.1 Å². The summed E-state index contributed by atoms with van der Waals surface area (Å²) in [7, 11) is 0. The van der Waals surface area contributed by atoms with Gasteiger partial charge in [-0.2, -0.15) is 0 Å². The Kier molecular flexibility index (Phi) is 8.25. The summed E-state index contributed by atoms with van der Waals surface area (Å²) in [5.74, 6) is -3.19. The average Bonchev–Trinajstić information content (AvgIpc) is 2.80. The topological polar surface area (TPSA) is 98.2 Å². The summed E-state index contributed by atoms with van der Waals surface area (Å²) in [5, 5.41) is 15.6. The lowest BCUT2D eigenvalue weighted by Crippen LogP contribution is -2.46. The second-order valence-electron chi connectivity index (χ2n) is 8.09. The summed E-state index contributed by atoms with van der Waals surface area (Å²) in [6.45, 7) is 4.44. The summed E-state index contributed by atoms with van der Waals surface area (Å²) >= 11 is 5.98. The second kappa shape index (κ2) is 11.1. The molecule has 1 amide bonds. The number of fused-ring (bicyclic) bond motifs is 1. The highest BCUT2D eigenvalue weighted by Gasteiger charge is 2.30. The fraction of sp³-hybridized carbons (Fsp3) is 0.375. The number of aliphatic carboxylic acids is 2. The molecule has 2 aliphatic rings. The molecule has 1 atom stereocenters. The van der Waals surface area contributed by atoms with Gasteiger partial charge in [0.05, 0.1) is 5.92 Å². The zero-order valence-electron chi connectivity index (χ0n) is 17.7. The molecule has 2 N–H and O–H groups in total. The molecular weight excluding hydrogens is 432 g/mol. The number of rotatable bonds is 3. The van der Waals surface area contributed by atoms with Crippen LogP contribution in [-0.4, -0.2) is 57.5 Å². The lowest BCUT2D eigenvalue weighted by molar-refractivity contribution is -0.159. The van der Waals surface area contributed by atoms with Crippen molar-refractivity contribution in [1.82, 2.24) is 9.80 Å². The molecule has 1 fully saturated rings. The third-order valence-electron chi connectivity index (χ3n) is 5.80. The van der Waals surface area contributed by atoms with Gasteiger partial charge in [-0.3, -0.25) is 9.69 Å². The van der Waals surface area contributed by atoms with E-state index in [1.165, 1.54) is 16.7 Å². The number of piperidine rings is 1. The fourth-order valence-electron chi connectivity index (χ4n) is 4.19. The molecule has 2 aromatic carbocycles. The number of nitrogens with zero attached hydrogens (tertiary/aromatic N) is 2. The summed E-state index contributed by atoms with van der Waals surface area (Å²) in [4.78, 5) is 35.8. The van der Waals surface area contributed by atoms with Gasteiger partial charge in [0, 0.05) is 31.2 Å². The maximum Gasteiger partial charge on any atom is 0.414 e. The van der Waals surface area contributed by atoms with E-state index in [9.17, 15) is 4.79 Å². The number of likely N-dealkylation sites (tertiary alicyclic amines) is 1. The van der Waals surface area contributed by atoms with Gasteiger partial charge in [-0.1, -0.05) is 48.0 Å². The molecule has 1 unspecified atom stereocenters. The molecular formula is C24H27ClN2O5. The molecule has 8 heteroatoms. The Bertz CT molecular complexity index is 951.